The van der Waals surface area contributed by atoms with E-state index in [2.05, 4.69) is 29.4 Å². The zero-order valence-electron chi connectivity index (χ0n) is 16.8. The highest BCUT2D eigenvalue weighted by molar-refractivity contribution is 5.80. The summed E-state index contributed by atoms with van der Waals surface area (Å²) in [6.45, 7) is 13.4. The van der Waals surface area contributed by atoms with E-state index >= 15 is 0 Å². The Bertz CT molecular complexity index is 449. The smallest absolute Gasteiger partial charge is 0.409 e. The first kappa shape index (κ1) is 20.8. The van der Waals surface area contributed by atoms with Crippen LogP contribution in [0.5, 0.6) is 0 Å². The van der Waals surface area contributed by atoms with E-state index in [9.17, 15) is 4.79 Å². The third kappa shape index (κ3) is 6.67. The first-order valence-electron chi connectivity index (χ1n) is 10.3. The van der Waals surface area contributed by atoms with Gasteiger partial charge in [0.25, 0.3) is 0 Å². The molecule has 7 heteroatoms. The van der Waals surface area contributed by atoms with Gasteiger partial charge in [-0.1, -0.05) is 6.92 Å². The normalized spacial score (nSPS) is 23.0. The van der Waals surface area contributed by atoms with Gasteiger partial charge in [-0.2, -0.15) is 0 Å². The van der Waals surface area contributed by atoms with E-state index in [1.807, 2.05) is 6.92 Å². The van der Waals surface area contributed by atoms with Crippen LogP contribution in [0.1, 0.15) is 46.5 Å². The van der Waals surface area contributed by atoms with Gasteiger partial charge in [0.2, 0.25) is 0 Å². The van der Waals surface area contributed by atoms with Gasteiger partial charge in [0.05, 0.1) is 6.61 Å². The lowest BCUT2D eigenvalue weighted by Gasteiger charge is -2.33. The second-order valence-corrected chi connectivity index (χ2v) is 7.23. The minimum atomic E-state index is -0.190. The molecule has 1 atom stereocenters. The number of likely N-dealkylation sites (tertiary alicyclic amines) is 2. The van der Waals surface area contributed by atoms with E-state index in [4.69, 9.17) is 9.73 Å². The quantitative estimate of drug-likeness (QED) is 0.554. The molecule has 2 rings (SSSR count). The van der Waals surface area contributed by atoms with Gasteiger partial charge in [-0.3, -0.25) is 4.99 Å². The van der Waals surface area contributed by atoms with Crippen LogP contribution in [-0.2, 0) is 4.74 Å². The number of amides is 1. The van der Waals surface area contributed by atoms with Crippen molar-refractivity contribution in [3.05, 3.63) is 0 Å². The molecular formula is C19H37N5O2. The third-order valence-electron chi connectivity index (χ3n) is 5.26. The fraction of sp³-hybridized carbons (Fsp3) is 0.895. The summed E-state index contributed by atoms with van der Waals surface area (Å²) in [7, 11) is 0. The molecule has 2 aliphatic rings. The Balaban J connectivity index is 1.79. The van der Waals surface area contributed by atoms with Crippen LogP contribution in [0.4, 0.5) is 4.79 Å². The van der Waals surface area contributed by atoms with Crippen LogP contribution in [0.25, 0.3) is 0 Å². The summed E-state index contributed by atoms with van der Waals surface area (Å²) in [6, 6.07) is 0.358. The predicted molar refractivity (Wildman–Crippen MR) is 106 cm³/mol. The van der Waals surface area contributed by atoms with Crippen molar-refractivity contribution in [2.45, 2.75) is 52.5 Å². The van der Waals surface area contributed by atoms with Crippen LogP contribution >= 0.6 is 0 Å². The number of carbonyl (C=O) groups excluding carboxylic acids is 1. The van der Waals surface area contributed by atoms with Gasteiger partial charge in [0.1, 0.15) is 0 Å². The van der Waals surface area contributed by atoms with E-state index in [-0.39, 0.29) is 6.09 Å². The average Bonchev–Trinajstić information content (AvgIpc) is 2.67. The summed E-state index contributed by atoms with van der Waals surface area (Å²) in [5, 5.41) is 6.93. The molecule has 0 aromatic heterocycles. The molecule has 2 fully saturated rings. The van der Waals surface area contributed by atoms with Crippen LogP contribution in [0, 0.1) is 5.92 Å². The van der Waals surface area contributed by atoms with Crippen molar-refractivity contribution in [1.82, 2.24) is 20.4 Å². The number of hydrogen-bond donors (Lipinski definition) is 2. The molecule has 0 radical (unpaired) electrons. The lowest BCUT2D eigenvalue weighted by molar-refractivity contribution is 0.0963. The average molecular weight is 368 g/mol. The lowest BCUT2D eigenvalue weighted by atomic mass is 9.98. The molecular weight excluding hydrogens is 330 g/mol. The summed E-state index contributed by atoms with van der Waals surface area (Å²) < 4.78 is 5.09. The van der Waals surface area contributed by atoms with Gasteiger partial charge < -0.3 is 25.2 Å². The van der Waals surface area contributed by atoms with Gasteiger partial charge in [-0.15, -0.1) is 0 Å². The Kier molecular flexibility index (Phi) is 9.01. The summed E-state index contributed by atoms with van der Waals surface area (Å²) in [4.78, 5) is 21.0. The SMILES string of the molecule is CCNC(=NCC1CCCN(CC)C1)NC1CCN(C(=O)OCC)CC1. The molecule has 7 nitrogen and oxygen atoms in total. The minimum absolute atomic E-state index is 0.190. The maximum atomic E-state index is 11.8. The molecule has 2 N–H and O–H groups in total. The summed E-state index contributed by atoms with van der Waals surface area (Å²) >= 11 is 0. The molecule has 0 aliphatic carbocycles. The van der Waals surface area contributed by atoms with Crippen molar-refractivity contribution in [3.63, 3.8) is 0 Å². The number of aliphatic imine (C=N–C) groups is 1. The number of carbonyl (C=O) groups is 1. The molecule has 0 aromatic rings. The van der Waals surface area contributed by atoms with Crippen molar-refractivity contribution >= 4 is 12.1 Å². The van der Waals surface area contributed by atoms with E-state index in [0.29, 0.717) is 18.6 Å². The Morgan fingerprint density at radius 3 is 2.58 bits per heavy atom. The molecule has 2 saturated heterocycles. The molecule has 0 saturated carbocycles. The molecule has 1 unspecified atom stereocenters. The van der Waals surface area contributed by atoms with E-state index in [0.717, 1.165) is 58.1 Å². The number of piperidine rings is 2. The first-order chi connectivity index (χ1) is 12.7. The van der Waals surface area contributed by atoms with E-state index in [1.54, 1.807) is 4.90 Å². The van der Waals surface area contributed by atoms with Crippen LogP contribution < -0.4 is 10.6 Å². The Morgan fingerprint density at radius 1 is 1.15 bits per heavy atom. The fourth-order valence-electron chi connectivity index (χ4n) is 3.74. The van der Waals surface area contributed by atoms with Crippen molar-refractivity contribution < 1.29 is 9.53 Å². The molecule has 2 aliphatic heterocycles. The molecule has 26 heavy (non-hydrogen) atoms. The highest BCUT2D eigenvalue weighted by Gasteiger charge is 2.24. The van der Waals surface area contributed by atoms with Crippen LogP contribution in [0.3, 0.4) is 0 Å². The van der Waals surface area contributed by atoms with Gasteiger partial charge in [0.15, 0.2) is 5.96 Å². The number of rotatable bonds is 6. The largest absolute Gasteiger partial charge is 0.450 e. The zero-order chi connectivity index (χ0) is 18.8. The Hall–Kier alpha value is -1.50. The predicted octanol–water partition coefficient (Wildman–Crippen LogP) is 1.89. The number of ether oxygens (including phenoxy) is 1. The van der Waals surface area contributed by atoms with Crippen LogP contribution in [0.15, 0.2) is 4.99 Å². The lowest BCUT2D eigenvalue weighted by Crippen LogP contribution is -2.50. The number of nitrogens with one attached hydrogen (secondary N) is 2. The topological polar surface area (TPSA) is 69.2 Å². The van der Waals surface area contributed by atoms with Gasteiger partial charge in [-0.25, -0.2) is 4.79 Å². The number of nitrogens with zero attached hydrogens (tertiary/aromatic N) is 3. The standard InChI is InChI=1S/C19H37N5O2/c1-4-20-18(21-14-16-8-7-11-23(5-2)15-16)22-17-9-12-24(13-10-17)19(25)26-6-3/h16-17H,4-15H2,1-3H3,(H2,20,21,22). The molecule has 1 amide bonds. The molecule has 2 heterocycles. The molecule has 0 aromatic carbocycles. The Morgan fingerprint density at radius 2 is 1.92 bits per heavy atom. The zero-order valence-corrected chi connectivity index (χ0v) is 16.8. The monoisotopic (exact) mass is 367 g/mol. The second-order valence-electron chi connectivity index (χ2n) is 7.23. The van der Waals surface area contributed by atoms with Gasteiger partial charge >= 0.3 is 6.09 Å². The van der Waals surface area contributed by atoms with Crippen LogP contribution in [0.2, 0.25) is 0 Å². The summed E-state index contributed by atoms with van der Waals surface area (Å²) in [6.07, 6.45) is 4.22. The highest BCUT2D eigenvalue weighted by atomic mass is 16.6. The molecule has 0 bridgehead atoms. The highest BCUT2D eigenvalue weighted by Crippen LogP contribution is 2.16. The Labute approximate surface area is 158 Å². The summed E-state index contributed by atoms with van der Waals surface area (Å²) in [5.41, 5.74) is 0. The van der Waals surface area contributed by atoms with E-state index in [1.165, 1.54) is 19.4 Å². The molecule has 150 valence electrons. The maximum absolute atomic E-state index is 11.8. The minimum Gasteiger partial charge on any atom is -0.450 e. The van der Waals surface area contributed by atoms with Gasteiger partial charge in [0, 0.05) is 38.8 Å². The van der Waals surface area contributed by atoms with Crippen molar-refractivity contribution in [1.29, 1.82) is 0 Å². The van der Waals surface area contributed by atoms with Crippen molar-refractivity contribution in [2.24, 2.45) is 10.9 Å². The third-order valence-corrected chi connectivity index (χ3v) is 5.26. The number of guanidine groups is 1. The van der Waals surface area contributed by atoms with E-state index < -0.39 is 0 Å². The second kappa shape index (κ2) is 11.3. The fourth-order valence-corrected chi connectivity index (χ4v) is 3.74. The number of hydrogen-bond acceptors (Lipinski definition) is 4. The van der Waals surface area contributed by atoms with Crippen molar-refractivity contribution in [2.75, 3.05) is 52.4 Å². The van der Waals surface area contributed by atoms with Gasteiger partial charge in [-0.05, 0) is 58.5 Å². The maximum Gasteiger partial charge on any atom is 0.409 e. The first-order valence-corrected chi connectivity index (χ1v) is 10.3. The molecule has 0 spiro atoms. The summed E-state index contributed by atoms with van der Waals surface area (Å²) in [5.74, 6) is 1.57. The van der Waals surface area contributed by atoms with Crippen molar-refractivity contribution in [3.8, 4) is 0 Å². The van der Waals surface area contributed by atoms with Crippen LogP contribution in [-0.4, -0.2) is 80.3 Å².